The van der Waals surface area contributed by atoms with Crippen molar-refractivity contribution >= 4 is 23.9 Å². The molecule has 10 heteroatoms. The summed E-state index contributed by atoms with van der Waals surface area (Å²) in [4.78, 5) is 27.2. The Hall–Kier alpha value is -2.59. The normalized spacial score (nSPS) is 16.6. The lowest BCUT2D eigenvalue weighted by atomic mass is 9.84. The first-order valence-corrected chi connectivity index (χ1v) is 19.2. The fourth-order valence-electron chi connectivity index (χ4n) is 5.17. The number of nitrogens with two attached hydrogens (primary N) is 2. The van der Waals surface area contributed by atoms with Gasteiger partial charge in [0.1, 0.15) is 11.6 Å². The van der Waals surface area contributed by atoms with Crippen molar-refractivity contribution < 1.29 is 18.4 Å². The Morgan fingerprint density at radius 1 is 1.10 bits per heavy atom. The Morgan fingerprint density at radius 2 is 1.72 bits per heavy atom. The van der Waals surface area contributed by atoms with Crippen molar-refractivity contribution in [3.8, 4) is 0 Å². The van der Waals surface area contributed by atoms with Crippen LogP contribution in [-0.4, -0.2) is 79.9 Å². The Labute approximate surface area is 308 Å². The number of hydrogen-bond acceptors (Lipinski definition) is 5. The molecule has 3 atom stereocenters. The second-order valence-electron chi connectivity index (χ2n) is 12.1. The Kier molecular flexibility index (Phi) is 30.9. The van der Waals surface area contributed by atoms with Crippen LogP contribution in [0.1, 0.15) is 112 Å². The number of carbonyl (C=O) groups excluding carboxylic acids is 2. The number of rotatable bonds is 14. The molecule has 5 N–H and O–H groups in total. The third-order valence-corrected chi connectivity index (χ3v) is 8.43. The van der Waals surface area contributed by atoms with Gasteiger partial charge < -0.3 is 26.6 Å². The molecule has 7 nitrogen and oxygen atoms in total. The Morgan fingerprint density at radius 3 is 2.26 bits per heavy atom. The third-order valence-electron chi connectivity index (χ3n) is 8.16. The highest BCUT2D eigenvalue weighted by Gasteiger charge is 2.25. The van der Waals surface area contributed by atoms with Gasteiger partial charge in [-0.15, -0.1) is 11.6 Å². The number of likely N-dealkylation sites (tertiary alicyclic amines) is 1. The fraction of sp³-hybridized carbons (Fsp3) is 0.650. The van der Waals surface area contributed by atoms with E-state index in [0.29, 0.717) is 31.0 Å². The van der Waals surface area contributed by atoms with E-state index in [4.69, 9.17) is 23.1 Å². The zero-order chi connectivity index (χ0) is 38.5. The van der Waals surface area contributed by atoms with Crippen LogP contribution in [0.4, 0.5) is 8.78 Å². The van der Waals surface area contributed by atoms with Crippen LogP contribution in [0, 0.1) is 17.6 Å². The SMILES string of the molecule is CC.CC.CCC.CCN(C)CCC(C)c1ccc(F)cc1F.NCCCCC(N)C(=O)NCC1=CC(Cl)C=CC=C1C1CCN(C=O)CC1. The summed E-state index contributed by atoms with van der Waals surface area (Å²) in [5.41, 5.74) is 14.3. The first-order valence-electron chi connectivity index (χ1n) is 18.8. The molecule has 3 rings (SSSR count). The van der Waals surface area contributed by atoms with Crippen molar-refractivity contribution in [2.24, 2.45) is 17.4 Å². The summed E-state index contributed by atoms with van der Waals surface area (Å²) in [6, 6.07) is 3.30. The van der Waals surface area contributed by atoms with Gasteiger partial charge in [-0.2, -0.15) is 0 Å². The molecule has 3 unspecified atom stereocenters. The van der Waals surface area contributed by atoms with Crippen LogP contribution in [0.3, 0.4) is 0 Å². The number of piperidine rings is 1. The van der Waals surface area contributed by atoms with E-state index in [2.05, 4.69) is 37.1 Å². The third kappa shape index (κ3) is 20.9. The lowest BCUT2D eigenvalue weighted by Crippen LogP contribution is -2.41. The van der Waals surface area contributed by atoms with Crippen molar-refractivity contribution in [1.29, 1.82) is 0 Å². The highest BCUT2D eigenvalue weighted by Crippen LogP contribution is 2.31. The van der Waals surface area contributed by atoms with E-state index >= 15 is 0 Å². The topological polar surface area (TPSA) is 105 Å². The molecule has 0 saturated carbocycles. The largest absolute Gasteiger partial charge is 0.351 e. The second-order valence-corrected chi connectivity index (χ2v) is 12.6. The molecule has 0 bridgehead atoms. The van der Waals surface area contributed by atoms with Crippen LogP contribution >= 0.6 is 11.6 Å². The van der Waals surface area contributed by atoms with Crippen LogP contribution in [-0.2, 0) is 9.59 Å². The molecule has 1 aromatic rings. The van der Waals surface area contributed by atoms with Crippen LogP contribution in [0.2, 0.25) is 0 Å². The van der Waals surface area contributed by atoms with Gasteiger partial charge in [-0.05, 0) is 93.4 Å². The maximum atomic E-state index is 13.5. The molecule has 1 aromatic carbocycles. The zero-order valence-corrected chi connectivity index (χ0v) is 33.4. The van der Waals surface area contributed by atoms with Gasteiger partial charge in [0, 0.05) is 25.7 Å². The van der Waals surface area contributed by atoms with Crippen LogP contribution in [0.15, 0.2) is 53.6 Å². The molecule has 1 heterocycles. The van der Waals surface area contributed by atoms with E-state index in [0.717, 1.165) is 76.3 Å². The summed E-state index contributed by atoms with van der Waals surface area (Å²) in [5.74, 6) is -0.624. The van der Waals surface area contributed by atoms with Crippen LogP contribution < -0.4 is 16.8 Å². The second kappa shape index (κ2) is 31.2. The number of benzene rings is 1. The van der Waals surface area contributed by atoms with E-state index in [9.17, 15) is 18.4 Å². The number of allylic oxidation sites excluding steroid dienone is 4. The van der Waals surface area contributed by atoms with Crippen molar-refractivity contribution in [2.75, 3.05) is 46.3 Å². The van der Waals surface area contributed by atoms with Crippen molar-refractivity contribution in [2.45, 2.75) is 118 Å². The van der Waals surface area contributed by atoms with E-state index in [1.165, 1.54) is 18.1 Å². The van der Waals surface area contributed by atoms with E-state index in [-0.39, 0.29) is 17.2 Å². The van der Waals surface area contributed by atoms with Crippen LogP contribution in [0.5, 0.6) is 0 Å². The molecule has 288 valence electrons. The molecule has 1 aliphatic heterocycles. The summed E-state index contributed by atoms with van der Waals surface area (Å²) < 4.78 is 26.2. The number of amides is 2. The van der Waals surface area contributed by atoms with E-state index in [1.54, 1.807) is 11.0 Å². The van der Waals surface area contributed by atoms with E-state index in [1.807, 2.05) is 59.9 Å². The summed E-state index contributed by atoms with van der Waals surface area (Å²) in [6.07, 6.45) is 15.2. The number of halogens is 3. The van der Waals surface area contributed by atoms with Gasteiger partial charge in [0.05, 0.1) is 11.4 Å². The first-order chi connectivity index (χ1) is 24.0. The molecule has 0 spiro atoms. The molecule has 1 aliphatic carbocycles. The lowest BCUT2D eigenvalue weighted by molar-refractivity contribution is -0.122. The number of nitrogens with zero attached hydrogens (tertiary/aromatic N) is 2. The minimum Gasteiger partial charge on any atom is -0.351 e. The van der Waals surface area contributed by atoms with Crippen molar-refractivity contribution in [3.05, 3.63) is 70.8 Å². The lowest BCUT2D eigenvalue weighted by Gasteiger charge is -2.31. The van der Waals surface area contributed by atoms with E-state index < -0.39 is 17.7 Å². The van der Waals surface area contributed by atoms with Gasteiger partial charge in [0.2, 0.25) is 12.3 Å². The summed E-state index contributed by atoms with van der Waals surface area (Å²) in [6.45, 7) is 20.8. The average molecular weight is 726 g/mol. The predicted octanol–water partition coefficient (Wildman–Crippen LogP) is 8.34. The number of unbranched alkanes of at least 4 members (excludes halogenated alkanes) is 1. The standard InChI is InChI=1S/C20H31ClN4O2.C13H19F2N.C3H8.2C2H6/c21-17-4-3-5-18(15-7-10-25(14-26)11-8-15)16(12-17)13-24-20(27)19(23)6-1-2-9-22;1-4-16(3)8-7-10(2)12-6-5-11(14)9-13(12)15;1-3-2;2*1-2/h3-5,12,14-15,17,19H,1-2,6-11,13,22-23H2,(H,24,27);5-6,9-10H,4,7-8H2,1-3H3;3H2,1-2H3;2*1-2H3. The summed E-state index contributed by atoms with van der Waals surface area (Å²) >= 11 is 6.33. The molecular weight excluding hydrogens is 656 g/mol. The minimum atomic E-state index is -0.517. The zero-order valence-electron chi connectivity index (χ0n) is 32.6. The molecule has 50 heavy (non-hydrogen) atoms. The van der Waals surface area contributed by atoms with Crippen molar-refractivity contribution in [3.63, 3.8) is 0 Å². The minimum absolute atomic E-state index is 0.120. The molecule has 0 radical (unpaired) electrons. The number of carbonyl (C=O) groups is 2. The van der Waals surface area contributed by atoms with Gasteiger partial charge in [-0.1, -0.05) is 98.6 Å². The molecule has 2 aliphatic rings. The number of hydrogen-bond donors (Lipinski definition) is 3. The Bertz CT molecular complexity index is 1120. The quantitative estimate of drug-likeness (QED) is 0.102. The summed E-state index contributed by atoms with van der Waals surface area (Å²) in [7, 11) is 2.04. The molecule has 1 fully saturated rings. The highest BCUT2D eigenvalue weighted by molar-refractivity contribution is 6.23. The number of nitrogens with one attached hydrogen (secondary N) is 1. The molecular formula is C40H70ClF2N5O2. The van der Waals surface area contributed by atoms with Gasteiger partial charge >= 0.3 is 0 Å². The first kappa shape index (κ1) is 49.5. The maximum Gasteiger partial charge on any atom is 0.237 e. The highest BCUT2D eigenvalue weighted by atomic mass is 35.5. The average Bonchev–Trinajstić information content (AvgIpc) is 3.32. The molecule has 0 aromatic heterocycles. The predicted molar refractivity (Wildman–Crippen MR) is 210 cm³/mol. The smallest absolute Gasteiger partial charge is 0.237 e. The monoisotopic (exact) mass is 726 g/mol. The summed E-state index contributed by atoms with van der Waals surface area (Å²) in [5, 5.41) is 2.75. The number of alkyl halides is 1. The van der Waals surface area contributed by atoms with Crippen LogP contribution in [0.25, 0.3) is 0 Å². The maximum absolute atomic E-state index is 13.5. The fourth-order valence-corrected chi connectivity index (χ4v) is 5.41. The van der Waals surface area contributed by atoms with Crippen molar-refractivity contribution in [1.82, 2.24) is 15.1 Å². The van der Waals surface area contributed by atoms with Gasteiger partial charge in [0.15, 0.2) is 0 Å². The molecule has 2 amide bonds. The van der Waals surface area contributed by atoms with Gasteiger partial charge in [-0.25, -0.2) is 8.78 Å². The molecule has 1 saturated heterocycles. The van der Waals surface area contributed by atoms with Gasteiger partial charge in [0.25, 0.3) is 0 Å². The van der Waals surface area contributed by atoms with Gasteiger partial charge in [-0.3, -0.25) is 9.59 Å². The Balaban J connectivity index is 0.